The Morgan fingerprint density at radius 2 is 2.31 bits per heavy atom. The lowest BCUT2D eigenvalue weighted by Crippen LogP contribution is -2.13. The molecule has 0 aliphatic carbocycles. The summed E-state index contributed by atoms with van der Waals surface area (Å²) in [4.78, 5) is 10.7. The summed E-state index contributed by atoms with van der Waals surface area (Å²) in [7, 11) is 0. The lowest BCUT2D eigenvalue weighted by Gasteiger charge is -2.12. The molecule has 0 bridgehead atoms. The topological polar surface area (TPSA) is 49.3 Å². The van der Waals surface area contributed by atoms with Crippen LogP contribution in [-0.4, -0.2) is 29.1 Å². The number of aromatic carboxylic acids is 1. The minimum atomic E-state index is -0.967. The molecule has 3 nitrogen and oxygen atoms in total. The molecule has 1 aromatic carbocycles. The van der Waals surface area contributed by atoms with E-state index in [1.165, 1.54) is 6.07 Å². The van der Waals surface area contributed by atoms with Gasteiger partial charge in [0.05, 0.1) is 16.3 Å². The maximum Gasteiger partial charge on any atom is 0.335 e. The van der Waals surface area contributed by atoms with Crippen molar-refractivity contribution in [2.45, 2.75) is 12.2 Å². The number of nitrogens with one attached hydrogen (secondary N) is 1. The number of anilines is 1. The highest BCUT2D eigenvalue weighted by molar-refractivity contribution is 7.99. The van der Waals surface area contributed by atoms with Crippen LogP contribution in [0.5, 0.6) is 0 Å². The number of benzene rings is 1. The second-order valence-electron chi connectivity index (χ2n) is 3.43. The minimum Gasteiger partial charge on any atom is -0.478 e. The Kier molecular flexibility index (Phi) is 4.96. The summed E-state index contributed by atoms with van der Waals surface area (Å²) >= 11 is 7.73. The molecule has 1 rings (SSSR count). The van der Waals surface area contributed by atoms with Crippen molar-refractivity contribution in [1.29, 1.82) is 0 Å². The molecule has 0 aliphatic heterocycles. The molecule has 0 saturated heterocycles. The predicted molar refractivity (Wildman–Crippen MR) is 69.9 cm³/mol. The minimum absolute atomic E-state index is 0.202. The summed E-state index contributed by atoms with van der Waals surface area (Å²) in [5, 5.41) is 12.9. The number of thioether (sulfide) groups is 1. The average molecular weight is 260 g/mol. The van der Waals surface area contributed by atoms with Crippen LogP contribution in [0.25, 0.3) is 0 Å². The van der Waals surface area contributed by atoms with E-state index in [-0.39, 0.29) is 5.56 Å². The zero-order valence-corrected chi connectivity index (χ0v) is 10.7. The second kappa shape index (κ2) is 6.01. The van der Waals surface area contributed by atoms with Crippen LogP contribution < -0.4 is 5.32 Å². The molecule has 0 aromatic heterocycles. The van der Waals surface area contributed by atoms with Crippen molar-refractivity contribution in [3.63, 3.8) is 0 Å². The van der Waals surface area contributed by atoms with Gasteiger partial charge in [0, 0.05) is 11.8 Å². The number of rotatable bonds is 5. The van der Waals surface area contributed by atoms with Gasteiger partial charge in [-0.25, -0.2) is 4.79 Å². The third-order valence-corrected chi connectivity index (χ3v) is 3.48. The molecule has 0 spiro atoms. The van der Waals surface area contributed by atoms with Crippen molar-refractivity contribution < 1.29 is 9.90 Å². The summed E-state index contributed by atoms with van der Waals surface area (Å²) in [5.74, 6) is -0.967. The van der Waals surface area contributed by atoms with Crippen LogP contribution in [0.1, 0.15) is 17.3 Å². The van der Waals surface area contributed by atoms with Crippen LogP contribution in [0.15, 0.2) is 18.2 Å². The van der Waals surface area contributed by atoms with Crippen molar-refractivity contribution in [2.75, 3.05) is 18.1 Å². The highest BCUT2D eigenvalue weighted by atomic mass is 35.5. The van der Waals surface area contributed by atoms with E-state index in [4.69, 9.17) is 16.7 Å². The molecule has 2 N–H and O–H groups in total. The summed E-state index contributed by atoms with van der Waals surface area (Å²) in [6.07, 6.45) is 2.04. The molecule has 88 valence electrons. The van der Waals surface area contributed by atoms with E-state index in [1.54, 1.807) is 23.9 Å². The van der Waals surface area contributed by atoms with Crippen molar-refractivity contribution in [1.82, 2.24) is 0 Å². The Balaban J connectivity index is 2.72. The summed E-state index contributed by atoms with van der Waals surface area (Å²) in [5.41, 5.74) is 0.973. The number of carboxylic acids is 1. The Labute approximate surface area is 104 Å². The normalized spacial score (nSPS) is 12.2. The first-order chi connectivity index (χ1) is 7.54. The van der Waals surface area contributed by atoms with Gasteiger partial charge >= 0.3 is 5.97 Å². The maximum absolute atomic E-state index is 10.7. The molecule has 1 atom stereocenters. The fourth-order valence-electron chi connectivity index (χ4n) is 1.13. The molecular weight excluding hydrogens is 246 g/mol. The fraction of sp³-hybridized carbons (Fsp3) is 0.364. The number of hydrogen-bond donors (Lipinski definition) is 2. The van der Waals surface area contributed by atoms with Gasteiger partial charge in [-0.1, -0.05) is 18.5 Å². The highest BCUT2D eigenvalue weighted by Gasteiger charge is 2.07. The van der Waals surface area contributed by atoms with Gasteiger partial charge in [0.15, 0.2) is 0 Å². The molecule has 0 fully saturated rings. The van der Waals surface area contributed by atoms with E-state index in [2.05, 4.69) is 12.2 Å². The summed E-state index contributed by atoms with van der Waals surface area (Å²) in [6, 6.07) is 4.69. The van der Waals surface area contributed by atoms with Crippen LogP contribution in [-0.2, 0) is 0 Å². The number of carboxylic acid groups (broad SMARTS) is 1. The Morgan fingerprint density at radius 1 is 1.62 bits per heavy atom. The molecule has 5 heteroatoms. The van der Waals surface area contributed by atoms with Crippen molar-refractivity contribution in [3.05, 3.63) is 28.8 Å². The molecule has 0 saturated carbocycles. The molecule has 0 amide bonds. The SMILES string of the molecule is CSC(C)CNc1ccc(C(=O)O)cc1Cl. The lowest BCUT2D eigenvalue weighted by atomic mass is 10.2. The van der Waals surface area contributed by atoms with Gasteiger partial charge in [-0.3, -0.25) is 0 Å². The van der Waals surface area contributed by atoms with Crippen molar-refractivity contribution in [2.24, 2.45) is 0 Å². The molecule has 1 aromatic rings. The first-order valence-electron chi connectivity index (χ1n) is 4.84. The van der Waals surface area contributed by atoms with Crippen molar-refractivity contribution in [3.8, 4) is 0 Å². The zero-order valence-electron chi connectivity index (χ0n) is 9.16. The van der Waals surface area contributed by atoms with Crippen LogP contribution in [0.2, 0.25) is 5.02 Å². The van der Waals surface area contributed by atoms with Crippen LogP contribution in [0, 0.1) is 0 Å². The van der Waals surface area contributed by atoms with Gasteiger partial charge in [-0.05, 0) is 24.5 Å². The first-order valence-corrected chi connectivity index (χ1v) is 6.50. The van der Waals surface area contributed by atoms with Crippen LogP contribution in [0.3, 0.4) is 0 Å². The molecule has 0 radical (unpaired) electrons. The van der Waals surface area contributed by atoms with Gasteiger partial charge in [-0.15, -0.1) is 0 Å². The molecule has 0 aliphatic rings. The Bertz CT molecular complexity index is 384. The van der Waals surface area contributed by atoms with Gasteiger partial charge in [0.25, 0.3) is 0 Å². The van der Waals surface area contributed by atoms with Gasteiger partial charge in [0.2, 0.25) is 0 Å². The molecule has 16 heavy (non-hydrogen) atoms. The Morgan fingerprint density at radius 3 is 2.81 bits per heavy atom. The largest absolute Gasteiger partial charge is 0.478 e. The number of hydrogen-bond acceptors (Lipinski definition) is 3. The van der Waals surface area contributed by atoms with E-state index in [0.29, 0.717) is 10.3 Å². The van der Waals surface area contributed by atoms with E-state index in [0.717, 1.165) is 12.2 Å². The van der Waals surface area contributed by atoms with Crippen LogP contribution >= 0.6 is 23.4 Å². The monoisotopic (exact) mass is 259 g/mol. The smallest absolute Gasteiger partial charge is 0.335 e. The molecular formula is C11H14ClNO2S. The van der Waals surface area contributed by atoms with Crippen molar-refractivity contribution >= 4 is 35.0 Å². The lowest BCUT2D eigenvalue weighted by molar-refractivity contribution is 0.0697. The fourth-order valence-corrected chi connectivity index (χ4v) is 1.63. The third kappa shape index (κ3) is 3.61. The van der Waals surface area contributed by atoms with E-state index in [9.17, 15) is 4.79 Å². The number of halogens is 1. The summed E-state index contributed by atoms with van der Waals surface area (Å²) < 4.78 is 0. The van der Waals surface area contributed by atoms with Gasteiger partial charge < -0.3 is 10.4 Å². The third-order valence-electron chi connectivity index (χ3n) is 2.20. The molecule has 0 heterocycles. The van der Waals surface area contributed by atoms with Crippen LogP contribution in [0.4, 0.5) is 5.69 Å². The van der Waals surface area contributed by atoms with E-state index < -0.39 is 5.97 Å². The quantitative estimate of drug-likeness (QED) is 0.853. The predicted octanol–water partition coefficient (Wildman–Crippen LogP) is 3.20. The van der Waals surface area contributed by atoms with Gasteiger partial charge in [-0.2, -0.15) is 11.8 Å². The zero-order chi connectivity index (χ0) is 12.1. The standard InChI is InChI=1S/C11H14ClNO2S/c1-7(16-2)6-13-10-4-3-8(11(14)15)5-9(10)12/h3-5,7,13H,6H2,1-2H3,(H,14,15). The highest BCUT2D eigenvalue weighted by Crippen LogP contribution is 2.23. The van der Waals surface area contributed by atoms with Gasteiger partial charge in [0.1, 0.15) is 0 Å². The number of carbonyl (C=O) groups is 1. The van der Waals surface area contributed by atoms with E-state index in [1.807, 2.05) is 6.26 Å². The first kappa shape index (κ1) is 13.2. The van der Waals surface area contributed by atoms with E-state index >= 15 is 0 Å². The second-order valence-corrected chi connectivity index (χ2v) is 5.11. The molecule has 1 unspecified atom stereocenters. The average Bonchev–Trinajstić information content (AvgIpc) is 2.26. The maximum atomic E-state index is 10.7. The summed E-state index contributed by atoms with van der Waals surface area (Å²) in [6.45, 7) is 2.91. The Hall–Kier alpha value is -0.870.